The van der Waals surface area contributed by atoms with E-state index in [2.05, 4.69) is 40.2 Å². The van der Waals surface area contributed by atoms with Gasteiger partial charge < -0.3 is 9.32 Å². The van der Waals surface area contributed by atoms with Crippen molar-refractivity contribution < 1.29 is 4.42 Å². The highest BCUT2D eigenvalue weighted by atomic mass is 16.4. The van der Waals surface area contributed by atoms with Crippen LogP contribution in [0.3, 0.4) is 0 Å². The van der Waals surface area contributed by atoms with Gasteiger partial charge in [-0.05, 0) is 55.7 Å². The lowest BCUT2D eigenvalue weighted by Crippen LogP contribution is -2.35. The molecule has 1 aliphatic rings. The van der Waals surface area contributed by atoms with Crippen molar-refractivity contribution in [2.45, 2.75) is 32.1 Å². The number of hydrogen-bond donors (Lipinski definition) is 0. The highest BCUT2D eigenvalue weighted by molar-refractivity contribution is 5.74. The lowest BCUT2D eigenvalue weighted by atomic mass is 9.92. The Kier molecular flexibility index (Phi) is 4.50. The minimum absolute atomic E-state index is 0.748. The zero-order valence-corrected chi connectivity index (χ0v) is 14.0. The summed E-state index contributed by atoms with van der Waals surface area (Å²) in [5, 5.41) is 0. The molecule has 2 heterocycles. The van der Waals surface area contributed by atoms with Crippen LogP contribution in [0.4, 0.5) is 6.01 Å². The average molecular weight is 320 g/mol. The maximum absolute atomic E-state index is 5.94. The Morgan fingerprint density at radius 2 is 1.88 bits per heavy atom. The Balaban J connectivity index is 1.35. The summed E-state index contributed by atoms with van der Waals surface area (Å²) in [6.45, 7) is 2.13. The van der Waals surface area contributed by atoms with Gasteiger partial charge in [-0.1, -0.05) is 42.5 Å². The topological polar surface area (TPSA) is 29.3 Å². The van der Waals surface area contributed by atoms with Crippen molar-refractivity contribution in [3.8, 4) is 0 Å². The van der Waals surface area contributed by atoms with E-state index in [-0.39, 0.29) is 0 Å². The largest absolute Gasteiger partial charge is 0.423 e. The highest BCUT2D eigenvalue weighted by Gasteiger charge is 2.23. The molecule has 3 nitrogen and oxygen atoms in total. The van der Waals surface area contributed by atoms with Crippen LogP contribution in [0, 0.1) is 5.92 Å². The molecule has 0 spiro atoms. The van der Waals surface area contributed by atoms with Gasteiger partial charge in [0.25, 0.3) is 6.01 Å². The molecule has 0 aliphatic carbocycles. The third-order valence-corrected chi connectivity index (χ3v) is 4.99. The maximum atomic E-state index is 5.94. The molecule has 2 aromatic carbocycles. The molecule has 0 saturated carbocycles. The van der Waals surface area contributed by atoms with Crippen LogP contribution in [-0.4, -0.2) is 18.1 Å². The second-order valence-corrected chi connectivity index (χ2v) is 6.80. The van der Waals surface area contributed by atoms with Crippen LogP contribution in [0.25, 0.3) is 11.1 Å². The van der Waals surface area contributed by atoms with E-state index in [4.69, 9.17) is 4.42 Å². The van der Waals surface area contributed by atoms with Gasteiger partial charge in [0.1, 0.15) is 5.52 Å². The zero-order valence-electron chi connectivity index (χ0n) is 14.0. The molecular weight excluding hydrogens is 296 g/mol. The minimum Gasteiger partial charge on any atom is -0.423 e. The van der Waals surface area contributed by atoms with Gasteiger partial charge in [-0.3, -0.25) is 0 Å². The fourth-order valence-corrected chi connectivity index (χ4v) is 3.71. The lowest BCUT2D eigenvalue weighted by Gasteiger charge is -2.31. The number of nitrogens with zero attached hydrogens (tertiary/aromatic N) is 2. The summed E-state index contributed by atoms with van der Waals surface area (Å²) in [5.41, 5.74) is 3.29. The second kappa shape index (κ2) is 7.08. The monoisotopic (exact) mass is 320 g/mol. The summed E-state index contributed by atoms with van der Waals surface area (Å²) in [6.07, 6.45) is 6.28. The summed E-state index contributed by atoms with van der Waals surface area (Å²) >= 11 is 0. The van der Waals surface area contributed by atoms with Crippen LogP contribution >= 0.6 is 0 Å². The van der Waals surface area contributed by atoms with Crippen molar-refractivity contribution in [3.63, 3.8) is 0 Å². The zero-order chi connectivity index (χ0) is 16.2. The number of benzene rings is 2. The average Bonchev–Trinajstić information content (AvgIpc) is 3.07. The third kappa shape index (κ3) is 3.45. The molecule has 0 radical (unpaired) electrons. The Morgan fingerprint density at radius 1 is 1.04 bits per heavy atom. The predicted molar refractivity (Wildman–Crippen MR) is 98.3 cm³/mol. The Bertz CT molecular complexity index is 748. The second-order valence-electron chi connectivity index (χ2n) is 6.80. The maximum Gasteiger partial charge on any atom is 0.298 e. The van der Waals surface area contributed by atoms with Gasteiger partial charge in [0, 0.05) is 13.1 Å². The van der Waals surface area contributed by atoms with Gasteiger partial charge in [0.05, 0.1) is 0 Å². The Morgan fingerprint density at radius 3 is 2.75 bits per heavy atom. The van der Waals surface area contributed by atoms with Crippen LogP contribution in [0.15, 0.2) is 59.0 Å². The number of piperidine rings is 1. The van der Waals surface area contributed by atoms with Crippen LogP contribution in [0.5, 0.6) is 0 Å². The van der Waals surface area contributed by atoms with Crippen LogP contribution in [-0.2, 0) is 6.42 Å². The normalized spacial score (nSPS) is 18.2. The number of anilines is 1. The van der Waals surface area contributed by atoms with E-state index >= 15 is 0 Å². The minimum atomic E-state index is 0.748. The molecule has 0 amide bonds. The summed E-state index contributed by atoms with van der Waals surface area (Å²) in [6, 6.07) is 19.6. The van der Waals surface area contributed by atoms with E-state index in [1.807, 2.05) is 24.3 Å². The SMILES string of the molecule is c1ccc(CCCC2CCCN(c3nc4ccccc4o3)C2)cc1. The molecule has 3 heteroatoms. The molecular formula is C21H24N2O. The number of aromatic nitrogens is 1. The summed E-state index contributed by atoms with van der Waals surface area (Å²) in [7, 11) is 0. The van der Waals surface area contributed by atoms with E-state index < -0.39 is 0 Å². The number of rotatable bonds is 5. The molecule has 1 saturated heterocycles. The first-order chi connectivity index (χ1) is 11.9. The molecule has 1 unspecified atom stereocenters. The number of oxazole rings is 1. The van der Waals surface area contributed by atoms with Gasteiger partial charge in [0.2, 0.25) is 0 Å². The first-order valence-electron chi connectivity index (χ1n) is 9.03. The number of para-hydroxylation sites is 2. The van der Waals surface area contributed by atoms with Gasteiger partial charge in [-0.25, -0.2) is 0 Å². The molecule has 1 aromatic heterocycles. The van der Waals surface area contributed by atoms with E-state index in [0.29, 0.717) is 0 Å². The van der Waals surface area contributed by atoms with Gasteiger partial charge in [-0.15, -0.1) is 0 Å². The van der Waals surface area contributed by atoms with Crippen LogP contribution in [0.1, 0.15) is 31.2 Å². The van der Waals surface area contributed by atoms with Gasteiger partial charge >= 0.3 is 0 Å². The van der Waals surface area contributed by atoms with Crippen molar-refractivity contribution in [1.82, 2.24) is 4.98 Å². The molecule has 1 atom stereocenters. The molecule has 124 valence electrons. The summed E-state index contributed by atoms with van der Waals surface area (Å²) < 4.78 is 5.94. The molecule has 24 heavy (non-hydrogen) atoms. The molecule has 0 bridgehead atoms. The van der Waals surface area contributed by atoms with Crippen molar-refractivity contribution in [3.05, 3.63) is 60.2 Å². The fourth-order valence-electron chi connectivity index (χ4n) is 3.71. The first-order valence-corrected chi connectivity index (χ1v) is 9.03. The van der Waals surface area contributed by atoms with E-state index in [0.717, 1.165) is 36.1 Å². The summed E-state index contributed by atoms with van der Waals surface area (Å²) in [5.74, 6) is 0.748. The van der Waals surface area contributed by atoms with Gasteiger partial charge in [-0.2, -0.15) is 4.98 Å². The summed E-state index contributed by atoms with van der Waals surface area (Å²) in [4.78, 5) is 6.99. The number of aryl methyl sites for hydroxylation is 1. The van der Waals surface area contributed by atoms with Crippen molar-refractivity contribution in [2.24, 2.45) is 5.92 Å². The quantitative estimate of drug-likeness (QED) is 0.657. The molecule has 3 aromatic rings. The van der Waals surface area contributed by atoms with E-state index in [9.17, 15) is 0 Å². The standard InChI is InChI=1S/C21H24N2O/c1-2-8-17(9-3-1)10-6-11-18-12-7-15-23(16-18)21-22-19-13-4-5-14-20(19)24-21/h1-5,8-9,13-14,18H,6-7,10-12,15-16H2. The van der Waals surface area contributed by atoms with E-state index in [1.54, 1.807) is 0 Å². The highest BCUT2D eigenvalue weighted by Crippen LogP contribution is 2.28. The Labute approximate surface area is 143 Å². The van der Waals surface area contributed by atoms with Crippen molar-refractivity contribution >= 4 is 17.1 Å². The van der Waals surface area contributed by atoms with Crippen molar-refractivity contribution in [2.75, 3.05) is 18.0 Å². The number of fused-ring (bicyclic) bond motifs is 1. The predicted octanol–water partition coefficient (Wildman–Crippen LogP) is 5.07. The fraction of sp³-hybridized carbons (Fsp3) is 0.381. The lowest BCUT2D eigenvalue weighted by molar-refractivity contribution is 0.368. The molecule has 1 fully saturated rings. The van der Waals surface area contributed by atoms with Crippen molar-refractivity contribution in [1.29, 1.82) is 0 Å². The smallest absolute Gasteiger partial charge is 0.298 e. The first kappa shape index (κ1) is 15.3. The van der Waals surface area contributed by atoms with E-state index in [1.165, 1.54) is 37.7 Å². The van der Waals surface area contributed by atoms with Crippen LogP contribution in [0.2, 0.25) is 0 Å². The van der Waals surface area contributed by atoms with Crippen LogP contribution < -0.4 is 4.90 Å². The molecule has 0 N–H and O–H groups in total. The molecule has 4 rings (SSSR count). The third-order valence-electron chi connectivity index (χ3n) is 4.99. The number of hydrogen-bond acceptors (Lipinski definition) is 3. The molecule has 1 aliphatic heterocycles. The Hall–Kier alpha value is -2.29. The van der Waals surface area contributed by atoms with Gasteiger partial charge in [0.15, 0.2) is 5.58 Å².